The van der Waals surface area contributed by atoms with Crippen LogP contribution in [0.5, 0.6) is 0 Å². The van der Waals surface area contributed by atoms with Gasteiger partial charge in [-0.1, -0.05) is 0 Å². The number of isothiocyanates is 1. The lowest BCUT2D eigenvalue weighted by Gasteiger charge is -2.29. The fourth-order valence-corrected chi connectivity index (χ4v) is 5.63. The molecule has 0 aromatic heterocycles. The average Bonchev–Trinajstić information content (AvgIpc) is 3.65. The van der Waals surface area contributed by atoms with Crippen LogP contribution in [0.3, 0.4) is 0 Å². The number of ether oxygens (including phenoxy) is 4. The molecule has 0 spiro atoms. The van der Waals surface area contributed by atoms with E-state index >= 15 is 0 Å². The summed E-state index contributed by atoms with van der Waals surface area (Å²) in [6, 6.07) is 9.53. The summed E-state index contributed by atoms with van der Waals surface area (Å²) in [7, 11) is 0. The summed E-state index contributed by atoms with van der Waals surface area (Å²) in [4.78, 5) is 34.3. The molecule has 2 atom stereocenters. The van der Waals surface area contributed by atoms with Crippen molar-refractivity contribution in [2.24, 2.45) is 10.7 Å². The first-order valence-electron chi connectivity index (χ1n) is 15.0. The molecule has 2 aromatic rings. The van der Waals surface area contributed by atoms with Gasteiger partial charge in [0.1, 0.15) is 23.8 Å². The van der Waals surface area contributed by atoms with E-state index in [0.29, 0.717) is 95.0 Å². The van der Waals surface area contributed by atoms with E-state index in [-0.39, 0.29) is 41.7 Å². The van der Waals surface area contributed by atoms with Gasteiger partial charge in [0.25, 0.3) is 0 Å². The number of hydrogen-bond donors (Lipinski definition) is 3. The number of rotatable bonds is 8. The number of hydrogen-bond acceptors (Lipinski definition) is 12. The van der Waals surface area contributed by atoms with Gasteiger partial charge in [-0.05, 0) is 60.8 Å². The molecular formula is C30H38F2N8O6S2. The number of thiocarbonyl (C=S) groups is 2. The maximum Gasteiger partial charge on any atom is 0.414 e. The highest BCUT2D eigenvalue weighted by Crippen LogP contribution is 2.30. The van der Waals surface area contributed by atoms with Gasteiger partial charge in [0.15, 0.2) is 5.11 Å². The SMILES string of the molecule is N.NC(=S)NCC1CN(c2ccc(N3CCOCC3)c(F)c2)C(=O)O1.O=C1OC(CN=C=S)CN1c1ccc(N2CCOCC2)c(F)c1. The first-order valence-corrected chi connectivity index (χ1v) is 15.8. The molecule has 4 aliphatic rings. The Hall–Kier alpha value is -4.19. The number of anilines is 4. The minimum atomic E-state index is -0.511. The molecule has 18 heteroatoms. The third-order valence-electron chi connectivity index (χ3n) is 7.80. The van der Waals surface area contributed by atoms with Crippen molar-refractivity contribution in [2.45, 2.75) is 12.2 Å². The first kappa shape index (κ1) is 36.6. The molecular weight excluding hydrogens is 671 g/mol. The van der Waals surface area contributed by atoms with Crippen molar-refractivity contribution in [1.29, 1.82) is 0 Å². The summed E-state index contributed by atoms with van der Waals surface area (Å²) in [5.74, 6) is -0.732. The second-order valence-electron chi connectivity index (χ2n) is 10.9. The fourth-order valence-electron chi connectivity index (χ4n) is 5.47. The van der Waals surface area contributed by atoms with Crippen LogP contribution >= 0.6 is 24.4 Å². The van der Waals surface area contributed by atoms with Gasteiger partial charge < -0.3 is 45.9 Å². The Morgan fingerprint density at radius 2 is 1.31 bits per heavy atom. The molecule has 2 unspecified atom stereocenters. The molecule has 4 aliphatic heterocycles. The van der Waals surface area contributed by atoms with Gasteiger partial charge in [-0.3, -0.25) is 9.80 Å². The average molecular weight is 709 g/mol. The molecule has 0 bridgehead atoms. The number of amides is 2. The van der Waals surface area contributed by atoms with Crippen molar-refractivity contribution >= 4 is 69.6 Å². The number of nitrogens with one attached hydrogen (secondary N) is 1. The van der Waals surface area contributed by atoms with Crippen LogP contribution in [-0.4, -0.2) is 113 Å². The van der Waals surface area contributed by atoms with E-state index < -0.39 is 12.2 Å². The quantitative estimate of drug-likeness (QED) is 0.271. The molecule has 2 aromatic carbocycles. The van der Waals surface area contributed by atoms with Crippen molar-refractivity contribution in [1.82, 2.24) is 11.5 Å². The highest BCUT2D eigenvalue weighted by Gasteiger charge is 2.34. The van der Waals surface area contributed by atoms with E-state index in [4.69, 9.17) is 36.9 Å². The number of carbonyl (C=O) groups is 2. The number of aliphatic imine (C=N–C) groups is 1. The maximum atomic E-state index is 14.5. The highest BCUT2D eigenvalue weighted by molar-refractivity contribution is 7.80. The van der Waals surface area contributed by atoms with Crippen LogP contribution < -0.4 is 36.8 Å². The molecule has 4 heterocycles. The van der Waals surface area contributed by atoms with E-state index in [1.54, 1.807) is 24.3 Å². The van der Waals surface area contributed by atoms with E-state index in [2.05, 4.69) is 27.7 Å². The van der Waals surface area contributed by atoms with Crippen LogP contribution in [0, 0.1) is 11.6 Å². The lowest BCUT2D eigenvalue weighted by molar-refractivity contribution is 0.122. The Morgan fingerprint density at radius 1 is 0.854 bits per heavy atom. The third-order valence-corrected chi connectivity index (χ3v) is 8.07. The summed E-state index contributed by atoms with van der Waals surface area (Å²) in [5.41, 5.74) is 7.33. The Labute approximate surface area is 287 Å². The van der Waals surface area contributed by atoms with Gasteiger partial charge in [-0.25, -0.2) is 23.4 Å². The number of carbonyl (C=O) groups excluding carboxylic acids is 2. The minimum Gasteiger partial charge on any atom is -0.442 e. The van der Waals surface area contributed by atoms with Crippen LogP contribution in [0.1, 0.15) is 0 Å². The highest BCUT2D eigenvalue weighted by atomic mass is 32.1. The Bertz CT molecular complexity index is 1510. The molecule has 4 saturated heterocycles. The van der Waals surface area contributed by atoms with E-state index in [0.717, 1.165) is 0 Å². The van der Waals surface area contributed by atoms with Gasteiger partial charge in [-0.15, -0.1) is 0 Å². The molecule has 4 fully saturated rings. The number of morpholine rings is 2. The standard InChI is InChI=1S/C15H19FN4O3S.C15H16FN3O3S.H3N/c16-12-7-10(1-2-13(12)19-3-5-22-6-4-19)20-9-11(23-15(20)21)8-18-14(17)24;16-13-7-11(1-2-14(13)18-3-5-21-6-4-18)19-9-12(8-17-10-23)22-15(19)20;/h1-2,7,11H,3-6,8-9H2,(H3,17,18,24);1-2,7,12H,3-6,8-9H2;1H3. The molecule has 0 saturated carbocycles. The van der Waals surface area contributed by atoms with Gasteiger partial charge in [0, 0.05) is 26.2 Å². The molecule has 6 rings (SSSR count). The molecule has 48 heavy (non-hydrogen) atoms. The topological polar surface area (TPSA) is 169 Å². The molecule has 14 nitrogen and oxygen atoms in total. The normalized spacial score (nSPS) is 20.5. The predicted molar refractivity (Wildman–Crippen MR) is 184 cm³/mol. The monoisotopic (exact) mass is 708 g/mol. The zero-order chi connectivity index (χ0) is 33.3. The van der Waals surface area contributed by atoms with E-state index in [1.807, 2.05) is 9.80 Å². The molecule has 2 amide bonds. The molecule has 260 valence electrons. The van der Waals surface area contributed by atoms with Gasteiger partial charge in [0.2, 0.25) is 0 Å². The largest absolute Gasteiger partial charge is 0.442 e. The molecule has 0 aliphatic carbocycles. The van der Waals surface area contributed by atoms with Crippen molar-refractivity contribution in [3.63, 3.8) is 0 Å². The second kappa shape index (κ2) is 17.3. The van der Waals surface area contributed by atoms with Crippen molar-refractivity contribution < 1.29 is 37.3 Å². The maximum absolute atomic E-state index is 14.5. The van der Waals surface area contributed by atoms with Gasteiger partial charge in [-0.2, -0.15) is 0 Å². The molecule has 6 N–H and O–H groups in total. The Kier molecular flexibility index (Phi) is 13.2. The zero-order valence-corrected chi connectivity index (χ0v) is 27.8. The summed E-state index contributed by atoms with van der Waals surface area (Å²) in [6.45, 7) is 6.15. The van der Waals surface area contributed by atoms with Crippen LogP contribution in [0.4, 0.5) is 41.1 Å². The van der Waals surface area contributed by atoms with Gasteiger partial charge in [0.05, 0.1) is 80.5 Å². The first-order chi connectivity index (χ1) is 22.7. The zero-order valence-electron chi connectivity index (χ0n) is 26.1. The predicted octanol–water partition coefficient (Wildman–Crippen LogP) is 3.07. The van der Waals surface area contributed by atoms with Crippen LogP contribution in [0.15, 0.2) is 41.4 Å². The lowest BCUT2D eigenvalue weighted by atomic mass is 10.2. The van der Waals surface area contributed by atoms with E-state index in [9.17, 15) is 18.4 Å². The fraction of sp³-hybridized carbons (Fsp3) is 0.467. The summed E-state index contributed by atoms with van der Waals surface area (Å²) in [5, 5.41) is 5.14. The number of nitrogens with two attached hydrogens (primary N) is 1. The van der Waals surface area contributed by atoms with Crippen molar-refractivity contribution in [3.8, 4) is 0 Å². The minimum absolute atomic E-state index is 0. The van der Waals surface area contributed by atoms with Crippen LogP contribution in [-0.2, 0) is 18.9 Å². The van der Waals surface area contributed by atoms with Crippen molar-refractivity contribution in [2.75, 3.05) is 98.4 Å². The van der Waals surface area contributed by atoms with E-state index in [1.165, 1.54) is 21.9 Å². The number of halogens is 2. The summed E-state index contributed by atoms with van der Waals surface area (Å²) >= 11 is 9.22. The third kappa shape index (κ3) is 9.24. The van der Waals surface area contributed by atoms with Crippen LogP contribution in [0.2, 0.25) is 0 Å². The number of nitrogens with zero attached hydrogens (tertiary/aromatic N) is 5. The van der Waals surface area contributed by atoms with Gasteiger partial charge >= 0.3 is 12.2 Å². The summed E-state index contributed by atoms with van der Waals surface area (Å²) in [6.07, 6.45) is -1.79. The Balaban J connectivity index is 0.000000212. The van der Waals surface area contributed by atoms with Crippen molar-refractivity contribution in [3.05, 3.63) is 48.0 Å². The second-order valence-corrected chi connectivity index (χ2v) is 11.5. The number of benzene rings is 2. The smallest absolute Gasteiger partial charge is 0.414 e. The molecule has 0 radical (unpaired) electrons. The number of cyclic esters (lactones) is 2. The lowest BCUT2D eigenvalue weighted by Crippen LogP contribution is -2.37. The summed E-state index contributed by atoms with van der Waals surface area (Å²) < 4.78 is 49.8. The Morgan fingerprint density at radius 3 is 1.75 bits per heavy atom. The van der Waals surface area contributed by atoms with Crippen LogP contribution in [0.25, 0.3) is 0 Å².